The van der Waals surface area contributed by atoms with Gasteiger partial charge in [-0.15, -0.1) is 11.3 Å². The molecule has 2 atom stereocenters. The van der Waals surface area contributed by atoms with Crippen LogP contribution in [0.2, 0.25) is 0 Å². The van der Waals surface area contributed by atoms with Crippen LogP contribution in [0.4, 0.5) is 17.6 Å². The SMILES string of the molecule is Cc1c(C#N)sc2c1[C@H]1CN(C2)C(=O)/C=C/C(N(C)C)C[NH2+]/C=C(\C(=N)C(F)(F)F)c2c(F)cccc21. The zero-order valence-corrected chi connectivity index (χ0v) is 21.3. The summed E-state index contributed by atoms with van der Waals surface area (Å²) in [5.74, 6) is -1.85. The number of carbonyl (C=O) groups is 1. The number of alkyl halides is 3. The molecule has 0 saturated heterocycles. The number of likely N-dealkylation sites (N-methyl/N-ethyl adjacent to an activating group) is 1. The van der Waals surface area contributed by atoms with Crippen LogP contribution in [0.5, 0.6) is 0 Å². The maximum absolute atomic E-state index is 15.5. The maximum atomic E-state index is 15.5. The lowest BCUT2D eigenvalue weighted by Crippen LogP contribution is -2.81. The number of hydrogen-bond acceptors (Lipinski definition) is 5. The van der Waals surface area contributed by atoms with Crippen LogP contribution in [0.15, 0.2) is 36.6 Å². The highest BCUT2D eigenvalue weighted by Crippen LogP contribution is 2.44. The van der Waals surface area contributed by atoms with E-state index in [0.717, 1.165) is 22.7 Å². The van der Waals surface area contributed by atoms with Crippen LogP contribution in [-0.4, -0.2) is 60.8 Å². The second-order valence-corrected chi connectivity index (χ2v) is 10.4. The highest BCUT2D eigenvalue weighted by Gasteiger charge is 2.41. The van der Waals surface area contributed by atoms with Gasteiger partial charge in [-0.05, 0) is 43.8 Å². The normalized spacial score (nSPS) is 22.5. The van der Waals surface area contributed by atoms with E-state index in [1.165, 1.54) is 28.8 Å². The molecule has 1 amide bonds. The van der Waals surface area contributed by atoms with Crippen molar-refractivity contribution in [2.45, 2.75) is 31.6 Å². The van der Waals surface area contributed by atoms with Crippen molar-refractivity contribution in [1.82, 2.24) is 9.80 Å². The number of rotatable bonds is 2. The Morgan fingerprint density at radius 1 is 1.32 bits per heavy atom. The molecule has 2 bridgehead atoms. The second kappa shape index (κ2) is 10.2. The Morgan fingerprint density at radius 2 is 2.05 bits per heavy atom. The van der Waals surface area contributed by atoms with E-state index in [0.29, 0.717) is 10.4 Å². The number of nitrogens with zero attached hydrogens (tertiary/aromatic N) is 3. The molecule has 2 aliphatic rings. The van der Waals surface area contributed by atoms with Gasteiger partial charge in [-0.25, -0.2) is 4.39 Å². The number of fused-ring (bicyclic) bond motifs is 6. The summed E-state index contributed by atoms with van der Waals surface area (Å²) >= 11 is 1.23. The van der Waals surface area contributed by atoms with Gasteiger partial charge >= 0.3 is 6.18 Å². The molecule has 4 rings (SSSR count). The molecule has 0 aliphatic carbocycles. The van der Waals surface area contributed by atoms with Gasteiger partial charge in [0.25, 0.3) is 0 Å². The fourth-order valence-electron chi connectivity index (χ4n) is 4.88. The zero-order chi connectivity index (χ0) is 27.1. The van der Waals surface area contributed by atoms with Crippen LogP contribution >= 0.6 is 11.3 Å². The van der Waals surface area contributed by atoms with Gasteiger partial charge in [-0.1, -0.05) is 18.2 Å². The summed E-state index contributed by atoms with van der Waals surface area (Å²) in [6, 6.07) is 5.87. The predicted molar refractivity (Wildman–Crippen MR) is 133 cm³/mol. The first-order valence-electron chi connectivity index (χ1n) is 11.6. The van der Waals surface area contributed by atoms with Crippen LogP contribution in [0.1, 0.15) is 37.9 Å². The van der Waals surface area contributed by atoms with Crippen LogP contribution < -0.4 is 5.32 Å². The number of quaternary nitrogens is 1. The highest BCUT2D eigenvalue weighted by atomic mass is 32.1. The number of carbonyl (C=O) groups excluding carboxylic acids is 1. The van der Waals surface area contributed by atoms with E-state index in [1.54, 1.807) is 38.1 Å². The molecule has 2 aromatic rings. The first-order chi connectivity index (χ1) is 17.4. The largest absolute Gasteiger partial charge is 0.433 e. The molecule has 1 aromatic heterocycles. The fraction of sp³-hybridized carbons (Fsp3) is 0.346. The number of benzene rings is 1. The van der Waals surface area contributed by atoms with E-state index >= 15 is 4.39 Å². The lowest BCUT2D eigenvalue weighted by molar-refractivity contribution is -0.590. The molecule has 0 saturated carbocycles. The van der Waals surface area contributed by atoms with Gasteiger partial charge in [-0.3, -0.25) is 15.1 Å². The molecular formula is C26H26F4N5OS+. The Hall–Kier alpha value is -3.33. The topological polar surface area (TPSA) is 87.8 Å². The minimum absolute atomic E-state index is 0.0953. The Morgan fingerprint density at radius 3 is 2.70 bits per heavy atom. The molecule has 6 nitrogen and oxygen atoms in total. The molecule has 0 fully saturated rings. The summed E-state index contributed by atoms with van der Waals surface area (Å²) in [5, 5.41) is 19.1. The molecule has 0 radical (unpaired) electrons. The van der Waals surface area contributed by atoms with Crippen molar-refractivity contribution in [3.63, 3.8) is 0 Å². The van der Waals surface area contributed by atoms with Gasteiger partial charge in [-0.2, -0.15) is 18.4 Å². The van der Waals surface area contributed by atoms with E-state index < -0.39 is 29.2 Å². The summed E-state index contributed by atoms with van der Waals surface area (Å²) in [6.45, 7) is 2.34. The number of allylic oxidation sites excluding steroid dienone is 1. The van der Waals surface area contributed by atoms with Crippen molar-refractivity contribution in [1.29, 1.82) is 10.7 Å². The third kappa shape index (κ3) is 5.09. The van der Waals surface area contributed by atoms with Gasteiger partial charge in [0.2, 0.25) is 5.91 Å². The van der Waals surface area contributed by atoms with Crippen LogP contribution in [-0.2, 0) is 11.3 Å². The Labute approximate surface area is 216 Å². The standard InChI is InChI=1S/C26H25F4N5OS/c1-14-20(9-31)37-21-13-35-12-18(23(14)21)16-5-4-6-19(27)24(16)17(25(32)26(28,29)30)11-33-10-15(34(2)3)7-8-22(35)36/h4-8,11,15,18,32-33H,10,12-13H2,1-3H3/p+1/b8-7+,17-11-,32-25?/t15?,18-/m0/s1. The fourth-order valence-corrected chi connectivity index (χ4v) is 6.06. The van der Waals surface area contributed by atoms with Gasteiger partial charge < -0.3 is 10.2 Å². The number of nitrogens with two attached hydrogens (primary N) is 1. The minimum atomic E-state index is -5.00. The third-order valence-electron chi connectivity index (χ3n) is 6.80. The molecule has 37 heavy (non-hydrogen) atoms. The van der Waals surface area contributed by atoms with E-state index in [4.69, 9.17) is 5.41 Å². The predicted octanol–water partition coefficient (Wildman–Crippen LogP) is 3.53. The van der Waals surface area contributed by atoms with Crippen molar-refractivity contribution in [2.75, 3.05) is 27.2 Å². The summed E-state index contributed by atoms with van der Waals surface area (Å²) in [4.78, 5) is 17.8. The van der Waals surface area contributed by atoms with Gasteiger partial charge in [0.05, 0.1) is 24.7 Å². The Balaban J connectivity index is 2.01. The first-order valence-corrected chi connectivity index (χ1v) is 12.4. The second-order valence-electron chi connectivity index (χ2n) is 9.29. The molecule has 2 aliphatic heterocycles. The van der Waals surface area contributed by atoms with Crippen molar-refractivity contribution in [3.05, 3.63) is 74.4 Å². The minimum Gasteiger partial charge on any atom is -0.333 e. The Bertz CT molecular complexity index is 1350. The summed E-state index contributed by atoms with van der Waals surface area (Å²) in [6.07, 6.45) is -0.693. The van der Waals surface area contributed by atoms with E-state index in [9.17, 15) is 23.2 Å². The molecule has 0 spiro atoms. The van der Waals surface area contributed by atoms with Crippen molar-refractivity contribution in [2.24, 2.45) is 0 Å². The summed E-state index contributed by atoms with van der Waals surface area (Å²) in [5.41, 5.74) is -0.894. The number of nitrogens with one attached hydrogen (secondary N) is 1. The summed E-state index contributed by atoms with van der Waals surface area (Å²) in [7, 11) is 3.56. The summed E-state index contributed by atoms with van der Waals surface area (Å²) < 4.78 is 57.0. The number of amides is 1. The molecule has 1 aromatic carbocycles. The van der Waals surface area contributed by atoms with E-state index in [1.807, 2.05) is 4.90 Å². The smallest absolute Gasteiger partial charge is 0.333 e. The lowest BCUT2D eigenvalue weighted by Gasteiger charge is -2.34. The highest BCUT2D eigenvalue weighted by molar-refractivity contribution is 7.12. The average molecular weight is 533 g/mol. The monoisotopic (exact) mass is 532 g/mol. The number of hydrogen-bond donors (Lipinski definition) is 2. The number of halogens is 4. The molecule has 1 unspecified atom stereocenters. The Kier molecular flexibility index (Phi) is 7.37. The maximum Gasteiger partial charge on any atom is 0.433 e. The van der Waals surface area contributed by atoms with Gasteiger partial charge in [0.1, 0.15) is 28.7 Å². The molecule has 194 valence electrons. The third-order valence-corrected chi connectivity index (χ3v) is 8.00. The average Bonchev–Trinajstić information content (AvgIpc) is 3.17. The molecule has 3 heterocycles. The number of nitriles is 1. The van der Waals surface area contributed by atoms with E-state index in [2.05, 4.69) is 6.07 Å². The van der Waals surface area contributed by atoms with Crippen molar-refractivity contribution in [3.8, 4) is 6.07 Å². The van der Waals surface area contributed by atoms with Crippen molar-refractivity contribution >= 4 is 28.5 Å². The zero-order valence-electron chi connectivity index (χ0n) is 20.5. The quantitative estimate of drug-likeness (QED) is 0.458. The lowest BCUT2D eigenvalue weighted by atomic mass is 9.81. The van der Waals surface area contributed by atoms with Crippen LogP contribution in [0.3, 0.4) is 0 Å². The number of thiophene rings is 1. The molecular weight excluding hydrogens is 506 g/mol. The van der Waals surface area contributed by atoms with E-state index in [-0.39, 0.29) is 42.7 Å². The van der Waals surface area contributed by atoms with Gasteiger partial charge in [0.15, 0.2) is 0 Å². The van der Waals surface area contributed by atoms with Crippen molar-refractivity contribution < 1.29 is 27.7 Å². The first kappa shape index (κ1) is 26.7. The molecule has 11 heteroatoms. The van der Waals surface area contributed by atoms with Gasteiger partial charge in [0, 0.05) is 29.0 Å². The molecule has 3 N–H and O–H groups in total. The van der Waals surface area contributed by atoms with Crippen LogP contribution in [0, 0.1) is 29.5 Å². The van der Waals surface area contributed by atoms with Crippen LogP contribution in [0.25, 0.3) is 5.57 Å².